The lowest BCUT2D eigenvalue weighted by atomic mass is 9.89. The van der Waals surface area contributed by atoms with Crippen LogP contribution in [0.2, 0.25) is 0 Å². The molecule has 4 aromatic heterocycles. The second kappa shape index (κ2) is 6.31. The van der Waals surface area contributed by atoms with E-state index in [0.29, 0.717) is 5.75 Å². The number of aromatic nitrogens is 4. The third kappa shape index (κ3) is 2.64. The van der Waals surface area contributed by atoms with E-state index in [1.807, 2.05) is 18.3 Å². The highest BCUT2D eigenvalue weighted by Crippen LogP contribution is 2.40. The smallest absolute Gasteiger partial charge is 0.160 e. The van der Waals surface area contributed by atoms with Crippen LogP contribution in [0.25, 0.3) is 15.7 Å². The number of ether oxygens (including phenoxy) is 1. The molecular weight excluding hydrogens is 362 g/mol. The van der Waals surface area contributed by atoms with Crippen LogP contribution < -0.4 is 10.1 Å². The van der Waals surface area contributed by atoms with E-state index in [2.05, 4.69) is 20.4 Å². The first-order valence-corrected chi connectivity index (χ1v) is 9.57. The molecule has 0 spiro atoms. The van der Waals surface area contributed by atoms with Crippen LogP contribution in [-0.4, -0.2) is 33.0 Å². The molecule has 5 rings (SSSR count). The van der Waals surface area contributed by atoms with E-state index in [1.165, 1.54) is 10.4 Å². The molecule has 1 N–H and O–H groups in total. The minimum absolute atomic E-state index is 0.110. The van der Waals surface area contributed by atoms with E-state index in [4.69, 9.17) is 4.74 Å². The van der Waals surface area contributed by atoms with Crippen molar-refractivity contribution in [3.63, 3.8) is 0 Å². The largest absolute Gasteiger partial charge is 0.493 e. The second-order valence-electron chi connectivity index (χ2n) is 6.63. The van der Waals surface area contributed by atoms with Crippen LogP contribution in [0.5, 0.6) is 5.75 Å². The number of aldehydes is 1. The molecule has 0 amide bonds. The lowest BCUT2D eigenvalue weighted by Crippen LogP contribution is -2.13. The summed E-state index contributed by atoms with van der Waals surface area (Å²) in [6, 6.07) is 3.92. The van der Waals surface area contributed by atoms with Gasteiger partial charge in [-0.15, -0.1) is 11.3 Å². The maximum atomic E-state index is 11.2. The summed E-state index contributed by atoms with van der Waals surface area (Å²) in [6.07, 6.45) is 8.79. The van der Waals surface area contributed by atoms with Crippen LogP contribution in [0, 0.1) is 5.92 Å². The summed E-state index contributed by atoms with van der Waals surface area (Å²) >= 11 is 1.66. The number of aryl methyl sites for hydroxylation is 1. The average Bonchev–Trinajstić information content (AvgIpc) is 3.30. The van der Waals surface area contributed by atoms with Crippen LogP contribution in [-0.2, 0) is 17.6 Å². The average molecular weight is 379 g/mol. The first-order valence-electron chi connectivity index (χ1n) is 8.75. The monoisotopic (exact) mass is 379 g/mol. The van der Waals surface area contributed by atoms with Gasteiger partial charge in [-0.25, -0.2) is 14.5 Å². The summed E-state index contributed by atoms with van der Waals surface area (Å²) in [5.41, 5.74) is 3.05. The predicted octanol–water partition coefficient (Wildman–Crippen LogP) is 3.40. The van der Waals surface area contributed by atoms with Gasteiger partial charge in [0.2, 0.25) is 0 Å². The lowest BCUT2D eigenvalue weighted by Gasteiger charge is -2.17. The van der Waals surface area contributed by atoms with Gasteiger partial charge in [-0.3, -0.25) is 0 Å². The second-order valence-corrected chi connectivity index (χ2v) is 7.71. The molecule has 27 heavy (non-hydrogen) atoms. The Bertz CT molecular complexity index is 1170. The van der Waals surface area contributed by atoms with Crippen LogP contribution in [0.1, 0.15) is 16.9 Å². The minimum Gasteiger partial charge on any atom is -0.493 e. The number of nitrogens with one attached hydrogen (secondary N) is 1. The third-order valence-corrected chi connectivity index (χ3v) is 6.21. The van der Waals surface area contributed by atoms with Crippen molar-refractivity contribution in [2.24, 2.45) is 5.92 Å². The number of thiophene rings is 1. The summed E-state index contributed by atoms with van der Waals surface area (Å²) < 4.78 is 7.30. The number of hydrogen-bond donors (Lipinski definition) is 1. The molecule has 4 heterocycles. The lowest BCUT2D eigenvalue weighted by molar-refractivity contribution is -0.111. The van der Waals surface area contributed by atoms with E-state index in [9.17, 15) is 4.79 Å². The van der Waals surface area contributed by atoms with E-state index in [1.54, 1.807) is 35.5 Å². The van der Waals surface area contributed by atoms with E-state index in [0.717, 1.165) is 52.8 Å². The van der Waals surface area contributed by atoms with Crippen molar-refractivity contribution in [3.8, 4) is 5.75 Å². The minimum atomic E-state index is 0.110. The van der Waals surface area contributed by atoms with Gasteiger partial charge in [-0.2, -0.15) is 5.10 Å². The van der Waals surface area contributed by atoms with Crippen molar-refractivity contribution in [1.29, 1.82) is 0 Å². The molecule has 1 aliphatic carbocycles. The van der Waals surface area contributed by atoms with Gasteiger partial charge in [0.05, 0.1) is 29.9 Å². The molecule has 0 saturated carbocycles. The van der Waals surface area contributed by atoms with Crippen molar-refractivity contribution in [3.05, 3.63) is 41.3 Å². The van der Waals surface area contributed by atoms with Crippen molar-refractivity contribution < 1.29 is 9.53 Å². The molecule has 4 aromatic rings. The van der Waals surface area contributed by atoms with Crippen LogP contribution in [0.3, 0.4) is 0 Å². The summed E-state index contributed by atoms with van der Waals surface area (Å²) in [4.78, 5) is 22.3. The van der Waals surface area contributed by atoms with Gasteiger partial charge in [-0.05, 0) is 37.0 Å². The van der Waals surface area contributed by atoms with Crippen molar-refractivity contribution in [2.75, 3.05) is 12.4 Å². The molecule has 0 unspecified atom stereocenters. The molecule has 7 nitrogen and oxygen atoms in total. The molecule has 0 radical (unpaired) electrons. The van der Waals surface area contributed by atoms with E-state index < -0.39 is 0 Å². The molecule has 0 fully saturated rings. The Morgan fingerprint density at radius 1 is 1.41 bits per heavy atom. The SMILES string of the molecule is COc1cn2nccc2cc1Nc1ncnc2sc3c(c12)CC[C@H](C=O)C3. The number of methoxy groups -OCH3 is 1. The molecule has 1 atom stereocenters. The Kier molecular flexibility index (Phi) is 3.78. The summed E-state index contributed by atoms with van der Waals surface area (Å²) in [6.45, 7) is 0. The zero-order valence-corrected chi connectivity index (χ0v) is 15.5. The number of nitrogens with zero attached hydrogens (tertiary/aromatic N) is 4. The van der Waals surface area contributed by atoms with Gasteiger partial charge in [0.15, 0.2) is 5.75 Å². The predicted molar refractivity (Wildman–Crippen MR) is 104 cm³/mol. The van der Waals surface area contributed by atoms with Gasteiger partial charge < -0.3 is 14.8 Å². The van der Waals surface area contributed by atoms with Gasteiger partial charge in [0.1, 0.15) is 23.3 Å². The van der Waals surface area contributed by atoms with Gasteiger partial charge in [0.25, 0.3) is 0 Å². The number of carbonyl (C=O) groups is 1. The van der Waals surface area contributed by atoms with Gasteiger partial charge in [-0.1, -0.05) is 0 Å². The quantitative estimate of drug-likeness (QED) is 0.548. The van der Waals surface area contributed by atoms with Crippen molar-refractivity contribution in [2.45, 2.75) is 19.3 Å². The Labute approximate surface area is 159 Å². The zero-order valence-electron chi connectivity index (χ0n) is 14.7. The fraction of sp³-hybridized carbons (Fsp3) is 0.263. The Morgan fingerprint density at radius 2 is 2.33 bits per heavy atom. The Morgan fingerprint density at radius 3 is 3.19 bits per heavy atom. The molecule has 136 valence electrons. The number of anilines is 2. The summed E-state index contributed by atoms with van der Waals surface area (Å²) in [5, 5.41) is 8.73. The Hall–Kier alpha value is -3.00. The fourth-order valence-electron chi connectivity index (χ4n) is 3.68. The van der Waals surface area contributed by atoms with E-state index >= 15 is 0 Å². The highest BCUT2D eigenvalue weighted by atomic mass is 32.1. The first kappa shape index (κ1) is 16.2. The number of hydrogen-bond acceptors (Lipinski definition) is 7. The summed E-state index contributed by atoms with van der Waals surface area (Å²) in [5.74, 6) is 1.56. The maximum absolute atomic E-state index is 11.2. The highest BCUT2D eigenvalue weighted by molar-refractivity contribution is 7.19. The Balaban J connectivity index is 1.62. The fourth-order valence-corrected chi connectivity index (χ4v) is 4.96. The number of fused-ring (bicyclic) bond motifs is 4. The van der Waals surface area contributed by atoms with Crippen molar-refractivity contribution in [1.82, 2.24) is 19.6 Å². The highest BCUT2D eigenvalue weighted by Gasteiger charge is 2.25. The molecule has 0 aromatic carbocycles. The topological polar surface area (TPSA) is 81.4 Å². The number of rotatable bonds is 4. The summed E-state index contributed by atoms with van der Waals surface area (Å²) in [7, 11) is 1.64. The van der Waals surface area contributed by atoms with Gasteiger partial charge in [0, 0.05) is 17.0 Å². The number of pyridine rings is 1. The van der Waals surface area contributed by atoms with Crippen LogP contribution in [0.15, 0.2) is 30.9 Å². The normalized spacial score (nSPS) is 16.4. The molecule has 8 heteroatoms. The number of carbonyl (C=O) groups excluding carboxylic acids is 1. The van der Waals surface area contributed by atoms with E-state index in [-0.39, 0.29) is 5.92 Å². The third-order valence-electron chi connectivity index (χ3n) is 5.05. The van der Waals surface area contributed by atoms with Crippen LogP contribution >= 0.6 is 11.3 Å². The maximum Gasteiger partial charge on any atom is 0.160 e. The molecule has 0 bridgehead atoms. The van der Waals surface area contributed by atoms with Crippen LogP contribution in [0.4, 0.5) is 11.5 Å². The standard InChI is InChI=1S/C19H17N5O2S/c1-26-15-8-24-12(4-5-22-24)7-14(15)23-18-17-13-3-2-11(9-25)6-16(13)27-19(17)21-10-20-18/h4-5,7-11H,2-3,6H2,1H3,(H,20,21,23)/t11-/m0/s1. The van der Waals surface area contributed by atoms with Crippen molar-refractivity contribution >= 4 is 44.9 Å². The first-order chi connectivity index (χ1) is 13.3. The zero-order chi connectivity index (χ0) is 18.4. The van der Waals surface area contributed by atoms with Gasteiger partial charge >= 0.3 is 0 Å². The molecule has 0 aliphatic heterocycles. The molecule has 0 saturated heterocycles. The molecule has 1 aliphatic rings. The molecular formula is C19H17N5O2S.